The van der Waals surface area contributed by atoms with Crippen LogP contribution in [0.15, 0.2) is 11.1 Å². The second-order valence-electron chi connectivity index (χ2n) is 14.4. The van der Waals surface area contributed by atoms with E-state index in [1.165, 1.54) is 44.9 Å². The van der Waals surface area contributed by atoms with Gasteiger partial charge in [0.25, 0.3) is 0 Å². The Balaban J connectivity index is 3.20. The number of carboxylic acids is 2. The van der Waals surface area contributed by atoms with E-state index in [9.17, 15) is 24.6 Å². The first kappa shape index (κ1) is 40.2. The van der Waals surface area contributed by atoms with Crippen LogP contribution in [0.5, 0.6) is 0 Å². The molecule has 0 amide bonds. The summed E-state index contributed by atoms with van der Waals surface area (Å²) in [7, 11) is 0. The molecule has 0 bridgehead atoms. The van der Waals surface area contributed by atoms with Gasteiger partial charge < -0.3 is 14.9 Å². The Hall–Kier alpha value is -1.85. The summed E-state index contributed by atoms with van der Waals surface area (Å²) in [4.78, 5) is 38.6. The molecule has 1 aliphatic carbocycles. The fourth-order valence-electron chi connectivity index (χ4n) is 6.78. The fraction of sp³-hybridized carbons (Fsp3) is 0.868. The van der Waals surface area contributed by atoms with E-state index in [-0.39, 0.29) is 18.8 Å². The molecule has 0 aromatic carbocycles. The summed E-state index contributed by atoms with van der Waals surface area (Å²) < 4.78 is 5.86. The summed E-state index contributed by atoms with van der Waals surface area (Å²) in [5.41, 5.74) is 0.139. The zero-order chi connectivity index (χ0) is 32.8. The summed E-state index contributed by atoms with van der Waals surface area (Å²) in [6.45, 7) is 11.5. The SMILES string of the molecule is CCCCCCCOC(=O)C(CCCCCCCC(C)C)=C(CCCCCCCC(C)C)C1(C(=O)O)CCC(C(=O)O)CC1. The second-order valence-corrected chi connectivity index (χ2v) is 14.4. The summed E-state index contributed by atoms with van der Waals surface area (Å²) in [5, 5.41) is 20.4. The molecule has 0 saturated heterocycles. The van der Waals surface area contributed by atoms with Gasteiger partial charge >= 0.3 is 17.9 Å². The molecular formula is C38H68O6. The van der Waals surface area contributed by atoms with Crippen molar-refractivity contribution >= 4 is 17.9 Å². The van der Waals surface area contributed by atoms with Crippen molar-refractivity contribution in [2.45, 2.75) is 182 Å². The minimum Gasteiger partial charge on any atom is -0.481 e. The van der Waals surface area contributed by atoms with Crippen LogP contribution in [-0.2, 0) is 19.1 Å². The normalized spacial score (nSPS) is 19.3. The van der Waals surface area contributed by atoms with Crippen molar-refractivity contribution in [2.75, 3.05) is 6.61 Å². The molecule has 6 heteroatoms. The van der Waals surface area contributed by atoms with Gasteiger partial charge in [0, 0.05) is 5.57 Å². The van der Waals surface area contributed by atoms with E-state index in [2.05, 4.69) is 34.6 Å². The van der Waals surface area contributed by atoms with Crippen molar-refractivity contribution in [1.82, 2.24) is 0 Å². The van der Waals surface area contributed by atoms with Gasteiger partial charge in [-0.3, -0.25) is 9.59 Å². The zero-order valence-corrected chi connectivity index (χ0v) is 29.2. The van der Waals surface area contributed by atoms with Gasteiger partial charge in [0.15, 0.2) is 0 Å². The Morgan fingerprint density at radius 1 is 0.682 bits per heavy atom. The molecule has 6 nitrogen and oxygen atoms in total. The van der Waals surface area contributed by atoms with E-state index < -0.39 is 23.3 Å². The smallest absolute Gasteiger partial charge is 0.333 e. The summed E-state index contributed by atoms with van der Waals surface area (Å²) >= 11 is 0. The third-order valence-corrected chi connectivity index (χ3v) is 9.68. The Labute approximate surface area is 270 Å². The average Bonchev–Trinajstić information content (AvgIpc) is 2.97. The molecule has 0 heterocycles. The molecule has 0 spiro atoms. The lowest BCUT2D eigenvalue weighted by atomic mass is 9.63. The maximum atomic E-state index is 13.8. The highest BCUT2D eigenvalue weighted by Gasteiger charge is 2.47. The standard InChI is InChI=1S/C38H68O6/c1-6-7-8-15-20-29-44-36(41)33(23-18-13-9-11-16-21-30(2)3)34(24-19-14-10-12-17-22-31(4)5)38(37(42)43)27-25-32(26-28-38)35(39)40/h30-32H,6-29H2,1-5H3,(H,39,40)(H,42,43). The summed E-state index contributed by atoms with van der Waals surface area (Å²) in [5.74, 6) is -1.20. The molecule has 1 fully saturated rings. The van der Waals surface area contributed by atoms with Crippen molar-refractivity contribution in [3.63, 3.8) is 0 Å². The number of esters is 1. The molecule has 2 N–H and O–H groups in total. The molecular weight excluding hydrogens is 552 g/mol. The van der Waals surface area contributed by atoms with E-state index in [0.29, 0.717) is 49.7 Å². The Morgan fingerprint density at radius 2 is 1.16 bits per heavy atom. The number of carboxylic acid groups (broad SMARTS) is 2. The maximum absolute atomic E-state index is 13.8. The number of ether oxygens (including phenoxy) is 1. The molecule has 44 heavy (non-hydrogen) atoms. The quantitative estimate of drug-likeness (QED) is 0.0567. The predicted molar refractivity (Wildman–Crippen MR) is 181 cm³/mol. The van der Waals surface area contributed by atoms with Crippen LogP contribution in [0.2, 0.25) is 0 Å². The number of carbonyl (C=O) groups excluding carboxylic acids is 1. The van der Waals surface area contributed by atoms with Crippen LogP contribution in [0, 0.1) is 23.2 Å². The van der Waals surface area contributed by atoms with E-state index in [4.69, 9.17) is 4.74 Å². The largest absolute Gasteiger partial charge is 0.481 e. The van der Waals surface area contributed by atoms with E-state index in [0.717, 1.165) is 69.8 Å². The van der Waals surface area contributed by atoms with Gasteiger partial charge in [-0.2, -0.15) is 0 Å². The van der Waals surface area contributed by atoms with E-state index in [1.807, 2.05) is 0 Å². The van der Waals surface area contributed by atoms with Crippen LogP contribution in [0.4, 0.5) is 0 Å². The highest BCUT2D eigenvalue weighted by Crippen LogP contribution is 2.48. The molecule has 1 saturated carbocycles. The topological polar surface area (TPSA) is 101 Å². The minimum absolute atomic E-state index is 0.270. The molecule has 0 aromatic heterocycles. The molecule has 256 valence electrons. The lowest BCUT2D eigenvalue weighted by Gasteiger charge is -2.39. The number of aliphatic carboxylic acids is 2. The third kappa shape index (κ3) is 15.9. The minimum atomic E-state index is -1.18. The first-order valence-corrected chi connectivity index (χ1v) is 18.4. The molecule has 0 unspecified atom stereocenters. The Kier molecular flexibility index (Phi) is 21.4. The predicted octanol–water partition coefficient (Wildman–Crippen LogP) is 10.9. The Morgan fingerprint density at radius 3 is 1.66 bits per heavy atom. The van der Waals surface area contributed by atoms with Gasteiger partial charge in [-0.25, -0.2) is 4.79 Å². The number of hydrogen-bond donors (Lipinski definition) is 2. The van der Waals surface area contributed by atoms with E-state index >= 15 is 0 Å². The zero-order valence-electron chi connectivity index (χ0n) is 29.2. The average molecular weight is 621 g/mol. The van der Waals surface area contributed by atoms with Gasteiger partial charge in [-0.1, -0.05) is 125 Å². The third-order valence-electron chi connectivity index (χ3n) is 9.68. The first-order chi connectivity index (χ1) is 21.0. The molecule has 1 aliphatic rings. The lowest BCUT2D eigenvalue weighted by molar-refractivity contribution is -0.153. The Bertz CT molecular complexity index is 834. The molecule has 1 rings (SSSR count). The number of rotatable bonds is 26. The van der Waals surface area contributed by atoms with Crippen LogP contribution in [0.1, 0.15) is 182 Å². The summed E-state index contributed by atoms with van der Waals surface area (Å²) in [6.07, 6.45) is 20.8. The van der Waals surface area contributed by atoms with Crippen molar-refractivity contribution in [2.24, 2.45) is 23.2 Å². The number of unbranched alkanes of at least 4 members (excludes halogenated alkanes) is 12. The first-order valence-electron chi connectivity index (χ1n) is 18.4. The maximum Gasteiger partial charge on any atom is 0.333 e. The highest BCUT2D eigenvalue weighted by molar-refractivity contribution is 5.92. The lowest BCUT2D eigenvalue weighted by Crippen LogP contribution is -2.40. The molecule has 0 radical (unpaired) electrons. The van der Waals surface area contributed by atoms with E-state index in [1.54, 1.807) is 0 Å². The molecule has 0 aliphatic heterocycles. The van der Waals surface area contributed by atoms with Gasteiger partial charge in [-0.15, -0.1) is 0 Å². The van der Waals surface area contributed by atoms with Gasteiger partial charge in [0.1, 0.15) is 0 Å². The fourth-order valence-corrected chi connectivity index (χ4v) is 6.78. The van der Waals surface area contributed by atoms with Gasteiger partial charge in [-0.05, 0) is 75.2 Å². The molecule has 0 atom stereocenters. The van der Waals surface area contributed by atoms with Crippen LogP contribution < -0.4 is 0 Å². The highest BCUT2D eigenvalue weighted by atomic mass is 16.5. The van der Waals surface area contributed by atoms with Crippen molar-refractivity contribution < 1.29 is 29.3 Å². The monoisotopic (exact) mass is 621 g/mol. The van der Waals surface area contributed by atoms with Crippen LogP contribution >= 0.6 is 0 Å². The number of hydrogen-bond acceptors (Lipinski definition) is 4. The summed E-state index contributed by atoms with van der Waals surface area (Å²) in [6, 6.07) is 0. The van der Waals surface area contributed by atoms with Crippen LogP contribution in [-0.4, -0.2) is 34.7 Å². The number of carbonyl (C=O) groups is 3. The second kappa shape index (κ2) is 23.5. The van der Waals surface area contributed by atoms with Crippen molar-refractivity contribution in [3.05, 3.63) is 11.1 Å². The molecule has 0 aromatic rings. The van der Waals surface area contributed by atoms with Gasteiger partial charge in [0.05, 0.1) is 17.9 Å². The van der Waals surface area contributed by atoms with Crippen LogP contribution in [0.25, 0.3) is 0 Å². The van der Waals surface area contributed by atoms with Crippen molar-refractivity contribution in [1.29, 1.82) is 0 Å². The van der Waals surface area contributed by atoms with Crippen molar-refractivity contribution in [3.8, 4) is 0 Å². The van der Waals surface area contributed by atoms with Gasteiger partial charge in [0.2, 0.25) is 0 Å². The van der Waals surface area contributed by atoms with Crippen LogP contribution in [0.3, 0.4) is 0 Å².